The molecular weight excluding hydrogens is 210 g/mol. The lowest BCUT2D eigenvalue weighted by atomic mass is 10.0. The molecule has 3 nitrogen and oxygen atoms in total. The van der Waals surface area contributed by atoms with Gasteiger partial charge in [-0.15, -0.1) is 11.8 Å². The summed E-state index contributed by atoms with van der Waals surface area (Å²) in [5.74, 6) is 1.33. The third-order valence-corrected chi connectivity index (χ3v) is 4.46. The molecule has 4 heteroatoms. The number of aliphatic hydroxyl groups excluding tert-OH is 1. The van der Waals surface area contributed by atoms with Crippen molar-refractivity contribution < 1.29 is 9.90 Å². The lowest BCUT2D eigenvalue weighted by molar-refractivity contribution is -0.123. The molecule has 0 saturated carbocycles. The molecule has 2 unspecified atom stereocenters. The summed E-state index contributed by atoms with van der Waals surface area (Å²) in [6, 6.07) is 0. The van der Waals surface area contributed by atoms with Crippen LogP contribution in [-0.2, 0) is 4.79 Å². The second-order valence-corrected chi connectivity index (χ2v) is 6.30. The molecule has 1 aliphatic heterocycles. The molecule has 88 valence electrons. The van der Waals surface area contributed by atoms with Crippen LogP contribution in [0.4, 0.5) is 0 Å². The summed E-state index contributed by atoms with van der Waals surface area (Å²) in [6.45, 7) is 6.25. The molecule has 1 heterocycles. The Bertz CT molecular complexity index is 225. The molecule has 1 fully saturated rings. The SMILES string of the molecule is CC(C)C(O)CNC(=O)C1(C)CCCS1. The summed E-state index contributed by atoms with van der Waals surface area (Å²) in [4.78, 5) is 11.9. The fraction of sp³-hybridized carbons (Fsp3) is 0.909. The Labute approximate surface area is 96.0 Å². The van der Waals surface area contributed by atoms with E-state index >= 15 is 0 Å². The topological polar surface area (TPSA) is 49.3 Å². The van der Waals surface area contributed by atoms with Gasteiger partial charge < -0.3 is 10.4 Å². The van der Waals surface area contributed by atoms with Crippen molar-refractivity contribution in [1.29, 1.82) is 0 Å². The first kappa shape index (κ1) is 12.8. The second kappa shape index (κ2) is 5.21. The number of thioether (sulfide) groups is 1. The Morgan fingerprint density at radius 1 is 1.60 bits per heavy atom. The van der Waals surface area contributed by atoms with Crippen LogP contribution in [0.1, 0.15) is 33.6 Å². The molecular formula is C11H21NO2S. The van der Waals surface area contributed by atoms with Gasteiger partial charge in [-0.25, -0.2) is 0 Å². The fourth-order valence-corrected chi connectivity index (χ4v) is 2.81. The Kier molecular flexibility index (Phi) is 4.46. The zero-order valence-corrected chi connectivity index (χ0v) is 10.6. The van der Waals surface area contributed by atoms with Crippen LogP contribution in [-0.4, -0.2) is 34.2 Å². The van der Waals surface area contributed by atoms with E-state index in [2.05, 4.69) is 5.32 Å². The van der Waals surface area contributed by atoms with E-state index in [9.17, 15) is 9.90 Å². The van der Waals surface area contributed by atoms with Crippen LogP contribution in [0, 0.1) is 5.92 Å². The third-order valence-electron chi connectivity index (χ3n) is 2.94. The van der Waals surface area contributed by atoms with Crippen LogP contribution in [0.2, 0.25) is 0 Å². The molecule has 1 saturated heterocycles. The monoisotopic (exact) mass is 231 g/mol. The van der Waals surface area contributed by atoms with Gasteiger partial charge in [0.2, 0.25) is 5.91 Å². The lowest BCUT2D eigenvalue weighted by Gasteiger charge is -2.23. The molecule has 0 spiro atoms. The highest BCUT2D eigenvalue weighted by atomic mass is 32.2. The molecule has 0 radical (unpaired) electrons. The van der Waals surface area contributed by atoms with Gasteiger partial charge in [0.15, 0.2) is 0 Å². The van der Waals surface area contributed by atoms with E-state index in [4.69, 9.17) is 0 Å². The van der Waals surface area contributed by atoms with Crippen molar-refractivity contribution in [1.82, 2.24) is 5.32 Å². The number of rotatable bonds is 4. The summed E-state index contributed by atoms with van der Waals surface area (Å²) in [5, 5.41) is 12.4. The zero-order chi connectivity index (χ0) is 11.5. The van der Waals surface area contributed by atoms with Crippen molar-refractivity contribution in [2.24, 2.45) is 5.92 Å². The average Bonchev–Trinajstić information content (AvgIpc) is 2.62. The Morgan fingerprint density at radius 2 is 2.27 bits per heavy atom. The quantitative estimate of drug-likeness (QED) is 0.769. The minimum atomic E-state index is -0.441. The van der Waals surface area contributed by atoms with Gasteiger partial charge in [0.1, 0.15) is 0 Å². The maximum Gasteiger partial charge on any atom is 0.236 e. The van der Waals surface area contributed by atoms with Gasteiger partial charge in [0.25, 0.3) is 0 Å². The largest absolute Gasteiger partial charge is 0.391 e. The standard InChI is InChI=1S/C11H21NO2S/c1-8(2)9(13)7-12-10(14)11(3)5-4-6-15-11/h8-9,13H,4-7H2,1-3H3,(H,12,14). The van der Waals surface area contributed by atoms with Gasteiger partial charge >= 0.3 is 0 Å². The summed E-state index contributed by atoms with van der Waals surface area (Å²) in [7, 11) is 0. The summed E-state index contributed by atoms with van der Waals surface area (Å²) < 4.78 is -0.267. The van der Waals surface area contributed by atoms with E-state index in [0.717, 1.165) is 18.6 Å². The van der Waals surface area contributed by atoms with Crippen LogP contribution in [0.15, 0.2) is 0 Å². The van der Waals surface area contributed by atoms with E-state index in [-0.39, 0.29) is 16.6 Å². The highest BCUT2D eigenvalue weighted by Gasteiger charge is 2.37. The van der Waals surface area contributed by atoms with Crippen molar-refractivity contribution in [3.63, 3.8) is 0 Å². The lowest BCUT2D eigenvalue weighted by Crippen LogP contribution is -2.44. The fourth-order valence-electron chi connectivity index (χ4n) is 1.58. The van der Waals surface area contributed by atoms with Crippen LogP contribution < -0.4 is 5.32 Å². The minimum Gasteiger partial charge on any atom is -0.391 e. The van der Waals surface area contributed by atoms with Crippen molar-refractivity contribution >= 4 is 17.7 Å². The zero-order valence-electron chi connectivity index (χ0n) is 9.75. The first-order chi connectivity index (χ1) is 6.96. The van der Waals surface area contributed by atoms with E-state index < -0.39 is 6.10 Å². The molecule has 0 aromatic heterocycles. The average molecular weight is 231 g/mol. The molecule has 1 rings (SSSR count). The second-order valence-electron chi connectivity index (χ2n) is 4.70. The van der Waals surface area contributed by atoms with Crippen LogP contribution in [0.5, 0.6) is 0 Å². The predicted molar refractivity (Wildman–Crippen MR) is 64.0 cm³/mol. The number of nitrogens with one attached hydrogen (secondary N) is 1. The number of amides is 1. The first-order valence-electron chi connectivity index (χ1n) is 5.56. The maximum absolute atomic E-state index is 11.9. The molecule has 1 aliphatic rings. The molecule has 0 aromatic rings. The molecule has 1 amide bonds. The summed E-state index contributed by atoms with van der Waals surface area (Å²) in [5.41, 5.74) is 0. The molecule has 0 bridgehead atoms. The molecule has 2 atom stereocenters. The van der Waals surface area contributed by atoms with Crippen molar-refractivity contribution in [2.75, 3.05) is 12.3 Å². The molecule has 15 heavy (non-hydrogen) atoms. The highest BCUT2D eigenvalue weighted by molar-refractivity contribution is 8.01. The number of hydrogen-bond acceptors (Lipinski definition) is 3. The number of aliphatic hydroxyl groups is 1. The van der Waals surface area contributed by atoms with Crippen molar-refractivity contribution in [3.8, 4) is 0 Å². The number of carbonyl (C=O) groups excluding carboxylic acids is 1. The molecule has 0 aliphatic carbocycles. The van der Waals surface area contributed by atoms with E-state index in [0.29, 0.717) is 6.54 Å². The first-order valence-corrected chi connectivity index (χ1v) is 6.54. The van der Waals surface area contributed by atoms with Gasteiger partial charge in [-0.1, -0.05) is 13.8 Å². The summed E-state index contributed by atoms with van der Waals surface area (Å²) in [6.07, 6.45) is 1.62. The predicted octanol–water partition coefficient (Wildman–Crippen LogP) is 1.41. The Morgan fingerprint density at radius 3 is 2.73 bits per heavy atom. The van der Waals surface area contributed by atoms with Gasteiger partial charge in [-0.05, 0) is 31.4 Å². The van der Waals surface area contributed by atoms with Crippen molar-refractivity contribution in [2.45, 2.75) is 44.5 Å². The van der Waals surface area contributed by atoms with E-state index in [1.54, 1.807) is 11.8 Å². The summed E-state index contributed by atoms with van der Waals surface area (Å²) >= 11 is 1.72. The maximum atomic E-state index is 11.9. The van der Waals surface area contributed by atoms with Crippen LogP contribution in [0.25, 0.3) is 0 Å². The van der Waals surface area contributed by atoms with Gasteiger partial charge in [0, 0.05) is 6.54 Å². The smallest absolute Gasteiger partial charge is 0.236 e. The Balaban J connectivity index is 2.35. The van der Waals surface area contributed by atoms with Crippen LogP contribution >= 0.6 is 11.8 Å². The van der Waals surface area contributed by atoms with E-state index in [1.165, 1.54) is 0 Å². The van der Waals surface area contributed by atoms with Gasteiger partial charge in [-0.2, -0.15) is 0 Å². The van der Waals surface area contributed by atoms with E-state index in [1.807, 2.05) is 20.8 Å². The molecule has 2 N–H and O–H groups in total. The Hall–Kier alpha value is -0.220. The highest BCUT2D eigenvalue weighted by Crippen LogP contribution is 2.37. The molecule has 0 aromatic carbocycles. The normalized spacial score (nSPS) is 28.1. The minimum absolute atomic E-state index is 0.0738. The number of hydrogen-bond donors (Lipinski definition) is 2. The van der Waals surface area contributed by atoms with Crippen molar-refractivity contribution in [3.05, 3.63) is 0 Å². The van der Waals surface area contributed by atoms with Crippen LogP contribution in [0.3, 0.4) is 0 Å². The number of carbonyl (C=O) groups is 1. The van der Waals surface area contributed by atoms with Gasteiger partial charge in [0.05, 0.1) is 10.9 Å². The third kappa shape index (κ3) is 3.38. The van der Waals surface area contributed by atoms with Gasteiger partial charge in [-0.3, -0.25) is 4.79 Å².